The predicted octanol–water partition coefficient (Wildman–Crippen LogP) is 0.510. The van der Waals surface area contributed by atoms with Gasteiger partial charge in [0.05, 0.1) is 5.41 Å². The molecule has 0 unspecified atom stereocenters. The summed E-state index contributed by atoms with van der Waals surface area (Å²) in [5.41, 5.74) is 4.46. The van der Waals surface area contributed by atoms with Crippen molar-refractivity contribution in [1.29, 1.82) is 0 Å². The molecule has 0 aliphatic carbocycles. The Balaban J connectivity index is 2.61. The number of carbonyl (C=O) groups excluding carboxylic acids is 2. The van der Waals surface area contributed by atoms with Gasteiger partial charge in [-0.1, -0.05) is 13.8 Å². The van der Waals surface area contributed by atoms with E-state index in [4.69, 9.17) is 5.73 Å². The Bertz CT molecular complexity index is 243. The molecule has 0 atom stereocenters. The highest BCUT2D eigenvalue weighted by atomic mass is 16.2. The molecule has 1 heterocycles. The summed E-state index contributed by atoms with van der Waals surface area (Å²) in [7, 11) is 0. The van der Waals surface area contributed by atoms with Gasteiger partial charge in [-0.05, 0) is 12.8 Å². The SMILES string of the molecule is CC(C)(CC(N)=O)C(=O)N1CCCC1. The number of likely N-dealkylation sites (tertiary alicyclic amines) is 1. The maximum atomic E-state index is 11.9. The Labute approximate surface area is 84.4 Å². The average molecular weight is 198 g/mol. The van der Waals surface area contributed by atoms with Crippen LogP contribution in [0.2, 0.25) is 0 Å². The van der Waals surface area contributed by atoms with Crippen LogP contribution in [0, 0.1) is 5.41 Å². The molecule has 4 nitrogen and oxygen atoms in total. The van der Waals surface area contributed by atoms with Crippen LogP contribution in [0.15, 0.2) is 0 Å². The Morgan fingerprint density at radius 1 is 1.29 bits per heavy atom. The summed E-state index contributed by atoms with van der Waals surface area (Å²) in [6.45, 7) is 5.19. The van der Waals surface area contributed by atoms with Gasteiger partial charge in [-0.3, -0.25) is 9.59 Å². The highest BCUT2D eigenvalue weighted by Gasteiger charge is 2.34. The van der Waals surface area contributed by atoms with E-state index in [1.54, 1.807) is 13.8 Å². The number of nitrogens with zero attached hydrogens (tertiary/aromatic N) is 1. The highest BCUT2D eigenvalue weighted by molar-refractivity contribution is 5.87. The second kappa shape index (κ2) is 3.98. The fourth-order valence-corrected chi connectivity index (χ4v) is 1.86. The van der Waals surface area contributed by atoms with Gasteiger partial charge < -0.3 is 10.6 Å². The molecule has 1 aliphatic rings. The minimum atomic E-state index is -0.643. The molecular weight excluding hydrogens is 180 g/mol. The van der Waals surface area contributed by atoms with E-state index < -0.39 is 11.3 Å². The van der Waals surface area contributed by atoms with Crippen molar-refractivity contribution >= 4 is 11.8 Å². The van der Waals surface area contributed by atoms with Gasteiger partial charge in [0.15, 0.2) is 0 Å². The number of primary amides is 1. The van der Waals surface area contributed by atoms with E-state index in [-0.39, 0.29) is 12.3 Å². The summed E-state index contributed by atoms with van der Waals surface area (Å²) in [5.74, 6) is -0.364. The largest absolute Gasteiger partial charge is 0.370 e. The van der Waals surface area contributed by atoms with Gasteiger partial charge in [0.1, 0.15) is 0 Å². The summed E-state index contributed by atoms with van der Waals surface area (Å²) >= 11 is 0. The van der Waals surface area contributed by atoms with Gasteiger partial charge in [0.2, 0.25) is 11.8 Å². The maximum Gasteiger partial charge on any atom is 0.228 e. The third-order valence-electron chi connectivity index (χ3n) is 2.59. The highest BCUT2D eigenvalue weighted by Crippen LogP contribution is 2.25. The van der Waals surface area contributed by atoms with Crippen molar-refractivity contribution in [1.82, 2.24) is 4.90 Å². The Morgan fingerprint density at radius 2 is 1.79 bits per heavy atom. The van der Waals surface area contributed by atoms with Crippen molar-refractivity contribution in [3.8, 4) is 0 Å². The van der Waals surface area contributed by atoms with E-state index in [9.17, 15) is 9.59 Å². The van der Waals surface area contributed by atoms with Crippen molar-refractivity contribution in [2.45, 2.75) is 33.1 Å². The van der Waals surface area contributed by atoms with Crippen molar-refractivity contribution in [3.63, 3.8) is 0 Å². The second-order valence-electron chi connectivity index (χ2n) is 4.53. The topological polar surface area (TPSA) is 63.4 Å². The molecule has 0 bridgehead atoms. The van der Waals surface area contributed by atoms with E-state index in [0.29, 0.717) is 0 Å². The molecule has 14 heavy (non-hydrogen) atoms. The summed E-state index contributed by atoms with van der Waals surface area (Å²) in [6, 6.07) is 0. The van der Waals surface area contributed by atoms with Crippen LogP contribution in [0.4, 0.5) is 0 Å². The van der Waals surface area contributed by atoms with Gasteiger partial charge >= 0.3 is 0 Å². The lowest BCUT2D eigenvalue weighted by Crippen LogP contribution is -2.41. The van der Waals surface area contributed by atoms with Crippen molar-refractivity contribution in [3.05, 3.63) is 0 Å². The second-order valence-corrected chi connectivity index (χ2v) is 4.53. The van der Waals surface area contributed by atoms with Crippen LogP contribution in [-0.2, 0) is 9.59 Å². The van der Waals surface area contributed by atoms with Crippen LogP contribution in [0.5, 0.6) is 0 Å². The van der Waals surface area contributed by atoms with E-state index in [1.807, 2.05) is 4.90 Å². The third kappa shape index (κ3) is 2.47. The molecule has 2 amide bonds. The summed E-state index contributed by atoms with van der Waals surface area (Å²) in [4.78, 5) is 24.5. The Morgan fingerprint density at radius 3 is 2.21 bits per heavy atom. The van der Waals surface area contributed by atoms with E-state index in [0.717, 1.165) is 25.9 Å². The summed E-state index contributed by atoms with van der Waals surface area (Å²) < 4.78 is 0. The fraction of sp³-hybridized carbons (Fsp3) is 0.800. The minimum absolute atomic E-state index is 0.0498. The molecule has 2 N–H and O–H groups in total. The maximum absolute atomic E-state index is 11.9. The lowest BCUT2D eigenvalue weighted by atomic mass is 9.87. The van der Waals surface area contributed by atoms with Crippen LogP contribution in [0.25, 0.3) is 0 Å². The van der Waals surface area contributed by atoms with Gasteiger partial charge in [-0.2, -0.15) is 0 Å². The Kier molecular flexibility index (Phi) is 3.13. The van der Waals surface area contributed by atoms with E-state index >= 15 is 0 Å². The van der Waals surface area contributed by atoms with Crippen LogP contribution < -0.4 is 5.73 Å². The summed E-state index contributed by atoms with van der Waals surface area (Å²) in [6.07, 6.45) is 2.26. The molecule has 1 saturated heterocycles. The number of carbonyl (C=O) groups is 2. The Hall–Kier alpha value is -1.06. The zero-order valence-corrected chi connectivity index (χ0v) is 8.88. The molecule has 0 spiro atoms. The molecule has 80 valence electrons. The quantitative estimate of drug-likeness (QED) is 0.718. The van der Waals surface area contributed by atoms with Crippen molar-refractivity contribution in [2.24, 2.45) is 11.1 Å². The van der Waals surface area contributed by atoms with Crippen LogP contribution >= 0.6 is 0 Å². The summed E-state index contributed by atoms with van der Waals surface area (Å²) in [5, 5.41) is 0. The monoisotopic (exact) mass is 198 g/mol. The normalized spacial score (nSPS) is 17.1. The smallest absolute Gasteiger partial charge is 0.228 e. The standard InChI is InChI=1S/C10H18N2O2/c1-10(2,7-8(11)13)9(14)12-5-3-4-6-12/h3-7H2,1-2H3,(H2,11,13). The van der Waals surface area contributed by atoms with Crippen molar-refractivity contribution in [2.75, 3.05) is 13.1 Å². The number of rotatable bonds is 3. The van der Waals surface area contributed by atoms with Crippen LogP contribution in [0.3, 0.4) is 0 Å². The molecule has 0 saturated carbocycles. The van der Waals surface area contributed by atoms with E-state index in [2.05, 4.69) is 0 Å². The minimum Gasteiger partial charge on any atom is -0.370 e. The first kappa shape index (κ1) is 11.0. The first-order valence-electron chi connectivity index (χ1n) is 5.01. The first-order valence-corrected chi connectivity index (χ1v) is 5.01. The molecule has 0 aromatic heterocycles. The van der Waals surface area contributed by atoms with Crippen molar-refractivity contribution < 1.29 is 9.59 Å². The molecule has 1 fully saturated rings. The average Bonchev–Trinajstić information content (AvgIpc) is 2.51. The molecule has 0 radical (unpaired) electrons. The van der Waals surface area contributed by atoms with Gasteiger partial charge in [-0.15, -0.1) is 0 Å². The molecule has 1 rings (SSSR count). The molecule has 1 aliphatic heterocycles. The van der Waals surface area contributed by atoms with Crippen LogP contribution in [-0.4, -0.2) is 29.8 Å². The lowest BCUT2D eigenvalue weighted by Gasteiger charge is -2.27. The van der Waals surface area contributed by atoms with Gasteiger partial charge in [0.25, 0.3) is 0 Å². The molecule has 0 aromatic carbocycles. The number of hydrogen-bond acceptors (Lipinski definition) is 2. The van der Waals surface area contributed by atoms with Crippen LogP contribution in [0.1, 0.15) is 33.1 Å². The first-order chi connectivity index (χ1) is 6.43. The zero-order chi connectivity index (χ0) is 10.8. The molecule has 4 heteroatoms. The number of nitrogens with two attached hydrogens (primary N) is 1. The lowest BCUT2D eigenvalue weighted by molar-refractivity contribution is -0.142. The zero-order valence-electron chi connectivity index (χ0n) is 8.88. The predicted molar refractivity (Wildman–Crippen MR) is 53.4 cm³/mol. The number of amides is 2. The van der Waals surface area contributed by atoms with Gasteiger partial charge in [-0.25, -0.2) is 0 Å². The van der Waals surface area contributed by atoms with Gasteiger partial charge in [0, 0.05) is 19.5 Å². The fourth-order valence-electron chi connectivity index (χ4n) is 1.86. The van der Waals surface area contributed by atoms with E-state index in [1.165, 1.54) is 0 Å². The molecular formula is C10H18N2O2. The number of hydrogen-bond donors (Lipinski definition) is 1. The molecule has 0 aromatic rings. The third-order valence-corrected chi connectivity index (χ3v) is 2.59.